The number of nitrogens with zero attached hydrogens (tertiary/aromatic N) is 1. The molecule has 1 unspecified atom stereocenters. The summed E-state index contributed by atoms with van der Waals surface area (Å²) in [6.07, 6.45) is 1.48. The van der Waals surface area contributed by atoms with E-state index in [9.17, 15) is 4.79 Å². The molecule has 1 aromatic rings. The molecule has 0 amide bonds. The van der Waals surface area contributed by atoms with E-state index in [1.165, 1.54) is 0 Å². The van der Waals surface area contributed by atoms with Gasteiger partial charge in [0.1, 0.15) is 5.75 Å². The van der Waals surface area contributed by atoms with Crippen LogP contribution in [0.3, 0.4) is 0 Å². The van der Waals surface area contributed by atoms with Crippen molar-refractivity contribution in [1.29, 1.82) is 0 Å². The van der Waals surface area contributed by atoms with Crippen LogP contribution in [-0.4, -0.2) is 22.9 Å². The third-order valence-electron chi connectivity index (χ3n) is 2.93. The number of oxime groups is 1. The van der Waals surface area contributed by atoms with Crippen molar-refractivity contribution in [1.82, 2.24) is 0 Å². The lowest BCUT2D eigenvalue weighted by Crippen LogP contribution is -2.31. The first-order valence-corrected chi connectivity index (χ1v) is 5.90. The van der Waals surface area contributed by atoms with E-state index in [-0.39, 0.29) is 17.5 Å². The first kappa shape index (κ1) is 12.4. The maximum absolute atomic E-state index is 11.8. The van der Waals surface area contributed by atoms with E-state index in [1.807, 2.05) is 0 Å². The summed E-state index contributed by atoms with van der Waals surface area (Å²) in [5, 5.41) is 11.4. The van der Waals surface area contributed by atoms with Crippen molar-refractivity contribution in [3.63, 3.8) is 0 Å². The Morgan fingerprint density at radius 2 is 2.06 bits per heavy atom. The standard InChI is InChI=1S/C13H16N2O3/c1-8(13(14)15-17)18-11-6-4-10(5-7-11)12(16)9-2-3-9/h4-9,17H,2-3H2,1H3,(H2,14,15). The topological polar surface area (TPSA) is 84.9 Å². The monoisotopic (exact) mass is 248 g/mol. The molecular weight excluding hydrogens is 232 g/mol. The minimum Gasteiger partial charge on any atom is -0.483 e. The third-order valence-corrected chi connectivity index (χ3v) is 2.93. The number of carbonyl (C=O) groups excluding carboxylic acids is 1. The molecule has 1 atom stereocenters. The highest BCUT2D eigenvalue weighted by atomic mass is 16.5. The highest BCUT2D eigenvalue weighted by molar-refractivity contribution is 5.99. The number of nitrogens with two attached hydrogens (primary N) is 1. The second-order valence-corrected chi connectivity index (χ2v) is 4.45. The zero-order valence-corrected chi connectivity index (χ0v) is 10.2. The van der Waals surface area contributed by atoms with Gasteiger partial charge in [-0.25, -0.2) is 0 Å². The Morgan fingerprint density at radius 1 is 1.44 bits per heavy atom. The fourth-order valence-electron chi connectivity index (χ4n) is 1.62. The van der Waals surface area contributed by atoms with Gasteiger partial charge in [0.25, 0.3) is 0 Å². The van der Waals surface area contributed by atoms with Gasteiger partial charge >= 0.3 is 0 Å². The van der Waals surface area contributed by atoms with Crippen LogP contribution in [0.5, 0.6) is 5.75 Å². The normalized spacial score (nSPS) is 17.3. The summed E-state index contributed by atoms with van der Waals surface area (Å²) < 4.78 is 5.45. The van der Waals surface area contributed by atoms with Crippen molar-refractivity contribution >= 4 is 11.6 Å². The molecule has 1 saturated carbocycles. The highest BCUT2D eigenvalue weighted by Gasteiger charge is 2.30. The van der Waals surface area contributed by atoms with E-state index < -0.39 is 6.10 Å². The van der Waals surface area contributed by atoms with E-state index in [0.29, 0.717) is 11.3 Å². The minimum absolute atomic E-state index is 0.00753. The number of hydrogen-bond donors (Lipinski definition) is 2. The molecule has 1 aliphatic rings. The molecule has 5 nitrogen and oxygen atoms in total. The molecule has 18 heavy (non-hydrogen) atoms. The zero-order valence-electron chi connectivity index (χ0n) is 10.2. The molecule has 1 aliphatic carbocycles. The second kappa shape index (κ2) is 5.08. The number of benzene rings is 1. The van der Waals surface area contributed by atoms with Gasteiger partial charge in [0, 0.05) is 11.5 Å². The van der Waals surface area contributed by atoms with E-state index in [4.69, 9.17) is 15.7 Å². The lowest BCUT2D eigenvalue weighted by atomic mass is 10.1. The van der Waals surface area contributed by atoms with Crippen LogP contribution >= 0.6 is 0 Å². The molecule has 3 N–H and O–H groups in total. The molecule has 0 radical (unpaired) electrons. The van der Waals surface area contributed by atoms with Crippen LogP contribution in [-0.2, 0) is 0 Å². The van der Waals surface area contributed by atoms with Crippen molar-refractivity contribution in [2.45, 2.75) is 25.9 Å². The molecule has 0 heterocycles. The number of Topliss-reactive ketones (excluding diaryl/α,β-unsaturated/α-hetero) is 1. The van der Waals surface area contributed by atoms with Crippen LogP contribution in [0.15, 0.2) is 29.4 Å². The van der Waals surface area contributed by atoms with Crippen LogP contribution in [0.2, 0.25) is 0 Å². The van der Waals surface area contributed by atoms with Crippen molar-refractivity contribution in [2.75, 3.05) is 0 Å². The molecule has 0 bridgehead atoms. The maximum atomic E-state index is 11.8. The molecule has 1 aromatic carbocycles. The van der Waals surface area contributed by atoms with Crippen molar-refractivity contribution < 1.29 is 14.7 Å². The summed E-state index contributed by atoms with van der Waals surface area (Å²) >= 11 is 0. The van der Waals surface area contributed by atoms with Gasteiger partial charge in [-0.05, 0) is 44.0 Å². The van der Waals surface area contributed by atoms with Crippen molar-refractivity contribution in [3.05, 3.63) is 29.8 Å². The summed E-state index contributed by atoms with van der Waals surface area (Å²) in [6.45, 7) is 1.68. The molecule has 0 saturated heterocycles. The zero-order chi connectivity index (χ0) is 13.1. The van der Waals surface area contributed by atoms with Gasteiger partial charge in [0.15, 0.2) is 17.7 Å². The molecule has 2 rings (SSSR count). The average Bonchev–Trinajstić information content (AvgIpc) is 3.22. The van der Waals surface area contributed by atoms with Crippen LogP contribution in [0.4, 0.5) is 0 Å². The van der Waals surface area contributed by atoms with Gasteiger partial charge in [0.2, 0.25) is 0 Å². The number of ketones is 1. The van der Waals surface area contributed by atoms with Gasteiger partial charge in [-0.1, -0.05) is 5.16 Å². The summed E-state index contributed by atoms with van der Waals surface area (Å²) in [6, 6.07) is 6.93. The van der Waals surface area contributed by atoms with E-state index >= 15 is 0 Å². The Morgan fingerprint density at radius 3 is 2.56 bits per heavy atom. The molecular formula is C13H16N2O3. The van der Waals surface area contributed by atoms with Crippen LogP contribution in [0.25, 0.3) is 0 Å². The largest absolute Gasteiger partial charge is 0.483 e. The van der Waals surface area contributed by atoms with Gasteiger partial charge in [0.05, 0.1) is 0 Å². The van der Waals surface area contributed by atoms with E-state index in [1.54, 1.807) is 31.2 Å². The fraction of sp³-hybridized carbons (Fsp3) is 0.385. The number of amidine groups is 1. The fourth-order valence-corrected chi connectivity index (χ4v) is 1.62. The summed E-state index contributed by atoms with van der Waals surface area (Å²) in [7, 11) is 0. The highest BCUT2D eigenvalue weighted by Crippen LogP contribution is 2.32. The molecule has 0 aromatic heterocycles. The Kier molecular flexibility index (Phi) is 3.50. The molecule has 96 valence electrons. The Hall–Kier alpha value is -2.04. The van der Waals surface area contributed by atoms with Crippen LogP contribution < -0.4 is 10.5 Å². The lowest BCUT2D eigenvalue weighted by Gasteiger charge is -2.13. The van der Waals surface area contributed by atoms with E-state index in [2.05, 4.69) is 5.16 Å². The number of rotatable bonds is 5. The molecule has 0 aliphatic heterocycles. The molecule has 1 fully saturated rings. The quantitative estimate of drug-likeness (QED) is 0.273. The third kappa shape index (κ3) is 2.80. The SMILES string of the molecule is CC(Oc1ccc(C(=O)C2CC2)cc1)C(N)=NO. The Bertz CT molecular complexity index is 464. The predicted molar refractivity (Wildman–Crippen MR) is 67.0 cm³/mol. The van der Waals surface area contributed by atoms with Crippen molar-refractivity contribution in [2.24, 2.45) is 16.8 Å². The lowest BCUT2D eigenvalue weighted by molar-refractivity contribution is 0.0967. The van der Waals surface area contributed by atoms with Gasteiger partial charge in [-0.3, -0.25) is 4.79 Å². The first-order valence-electron chi connectivity index (χ1n) is 5.90. The predicted octanol–water partition coefficient (Wildman–Crippen LogP) is 1.79. The molecule has 0 spiro atoms. The Balaban J connectivity index is 2.01. The van der Waals surface area contributed by atoms with Gasteiger partial charge < -0.3 is 15.7 Å². The Labute approximate surface area is 105 Å². The second-order valence-electron chi connectivity index (χ2n) is 4.45. The average molecular weight is 248 g/mol. The van der Waals surface area contributed by atoms with E-state index in [0.717, 1.165) is 12.8 Å². The van der Waals surface area contributed by atoms with Crippen molar-refractivity contribution in [3.8, 4) is 5.75 Å². The number of hydrogen-bond acceptors (Lipinski definition) is 4. The summed E-state index contributed by atoms with van der Waals surface area (Å²) in [4.78, 5) is 11.8. The van der Waals surface area contributed by atoms with Crippen LogP contribution in [0, 0.1) is 5.92 Å². The number of carbonyl (C=O) groups is 1. The summed E-state index contributed by atoms with van der Waals surface area (Å²) in [5.74, 6) is 1.01. The summed E-state index contributed by atoms with van der Waals surface area (Å²) in [5.41, 5.74) is 6.12. The van der Waals surface area contributed by atoms with Gasteiger partial charge in [-0.15, -0.1) is 0 Å². The number of ether oxygens (including phenoxy) is 1. The first-order chi connectivity index (χ1) is 8.61. The molecule has 5 heteroatoms. The minimum atomic E-state index is -0.514. The van der Waals surface area contributed by atoms with Gasteiger partial charge in [-0.2, -0.15) is 0 Å². The smallest absolute Gasteiger partial charge is 0.180 e. The van der Waals surface area contributed by atoms with Crippen LogP contribution in [0.1, 0.15) is 30.1 Å². The maximum Gasteiger partial charge on any atom is 0.180 e.